The van der Waals surface area contributed by atoms with Gasteiger partial charge in [-0.3, -0.25) is 25.0 Å². The van der Waals surface area contributed by atoms with Crippen LogP contribution < -0.4 is 16.0 Å². The highest BCUT2D eigenvalue weighted by Crippen LogP contribution is 2.32. The lowest BCUT2D eigenvalue weighted by Crippen LogP contribution is -2.58. The maximum absolute atomic E-state index is 11.8. The summed E-state index contributed by atoms with van der Waals surface area (Å²) in [7, 11) is 0. The molecule has 20 heavy (non-hydrogen) atoms. The molecule has 106 valence electrons. The Morgan fingerprint density at radius 1 is 1.55 bits per heavy atom. The number of hydrogen-bond acceptors (Lipinski definition) is 8. The number of nitrogens with one attached hydrogen (secondary N) is 1. The molecule has 1 aliphatic heterocycles. The van der Waals surface area contributed by atoms with Crippen molar-refractivity contribution in [1.82, 2.24) is 15.3 Å². The van der Waals surface area contributed by atoms with Crippen LogP contribution in [-0.4, -0.2) is 39.3 Å². The molecule has 1 aromatic rings. The first-order chi connectivity index (χ1) is 9.45. The molecular formula is C10H12N6O4. The van der Waals surface area contributed by atoms with Gasteiger partial charge in [0.2, 0.25) is 23.5 Å². The minimum Gasteiger partial charge on any atom is -0.378 e. The molecule has 0 radical (unpaired) electrons. The molecule has 2 heterocycles. The van der Waals surface area contributed by atoms with Crippen LogP contribution in [-0.2, 0) is 9.59 Å². The first-order valence-corrected chi connectivity index (χ1v) is 5.80. The topological polar surface area (TPSA) is 144 Å². The van der Waals surface area contributed by atoms with E-state index in [-0.39, 0.29) is 18.2 Å². The number of piperazine rings is 1. The first kappa shape index (κ1) is 13.6. The van der Waals surface area contributed by atoms with E-state index >= 15 is 0 Å². The molecule has 1 aliphatic rings. The third kappa shape index (κ3) is 2.22. The molecule has 3 N–H and O–H groups in total. The van der Waals surface area contributed by atoms with E-state index in [0.717, 1.165) is 6.33 Å². The zero-order valence-electron chi connectivity index (χ0n) is 10.6. The normalized spacial score (nSPS) is 18.9. The summed E-state index contributed by atoms with van der Waals surface area (Å²) in [5.41, 5.74) is 4.97. The van der Waals surface area contributed by atoms with Crippen molar-refractivity contribution in [2.45, 2.75) is 19.4 Å². The summed E-state index contributed by atoms with van der Waals surface area (Å²) in [5.74, 6) is -1.51. The van der Waals surface area contributed by atoms with Gasteiger partial charge in [-0.2, -0.15) is 0 Å². The van der Waals surface area contributed by atoms with Gasteiger partial charge in [0.1, 0.15) is 12.4 Å². The predicted molar refractivity (Wildman–Crippen MR) is 67.7 cm³/mol. The molecule has 0 aliphatic carbocycles. The summed E-state index contributed by atoms with van der Waals surface area (Å²) < 4.78 is 0. The molecule has 0 saturated carbocycles. The van der Waals surface area contributed by atoms with Crippen molar-refractivity contribution in [1.29, 1.82) is 0 Å². The average Bonchev–Trinajstić information content (AvgIpc) is 2.37. The van der Waals surface area contributed by atoms with Crippen molar-refractivity contribution in [3.63, 3.8) is 0 Å². The molecule has 0 spiro atoms. The van der Waals surface area contributed by atoms with Gasteiger partial charge in [0.15, 0.2) is 0 Å². The number of nitrogen functional groups attached to an aromatic ring is 1. The van der Waals surface area contributed by atoms with Crippen molar-refractivity contribution >= 4 is 29.1 Å². The quantitative estimate of drug-likeness (QED) is 0.416. The van der Waals surface area contributed by atoms with E-state index < -0.39 is 28.5 Å². The van der Waals surface area contributed by atoms with Crippen LogP contribution in [0.15, 0.2) is 6.33 Å². The fourth-order valence-electron chi connectivity index (χ4n) is 2.06. The van der Waals surface area contributed by atoms with Crippen LogP contribution >= 0.6 is 0 Å². The number of nitrogens with zero attached hydrogens (tertiary/aromatic N) is 4. The highest BCUT2D eigenvalue weighted by molar-refractivity contribution is 6.04. The SMILES string of the molecule is CCC1C(=O)NC(=O)CN1c1ncnc(N)c1[N+](=O)[O-]. The summed E-state index contributed by atoms with van der Waals surface area (Å²) in [6.45, 7) is 1.52. The van der Waals surface area contributed by atoms with Crippen LogP contribution in [0.25, 0.3) is 0 Å². The lowest BCUT2D eigenvalue weighted by Gasteiger charge is -2.33. The zero-order chi connectivity index (χ0) is 14.9. The highest BCUT2D eigenvalue weighted by atomic mass is 16.6. The number of anilines is 2. The Hall–Kier alpha value is -2.78. The molecule has 0 aromatic carbocycles. The van der Waals surface area contributed by atoms with Crippen molar-refractivity contribution in [3.8, 4) is 0 Å². The van der Waals surface area contributed by atoms with Crippen LogP contribution in [0.3, 0.4) is 0 Å². The van der Waals surface area contributed by atoms with Gasteiger partial charge in [-0.1, -0.05) is 6.92 Å². The van der Waals surface area contributed by atoms with Gasteiger partial charge in [0.25, 0.3) is 0 Å². The summed E-state index contributed by atoms with van der Waals surface area (Å²) in [6.07, 6.45) is 1.42. The molecular weight excluding hydrogens is 268 g/mol. The molecule has 1 atom stereocenters. The van der Waals surface area contributed by atoms with E-state index in [1.54, 1.807) is 6.92 Å². The van der Waals surface area contributed by atoms with Gasteiger partial charge in [-0.05, 0) is 6.42 Å². The van der Waals surface area contributed by atoms with Gasteiger partial charge in [0.05, 0.1) is 11.5 Å². The molecule has 1 unspecified atom stereocenters. The van der Waals surface area contributed by atoms with E-state index in [4.69, 9.17) is 5.73 Å². The Kier molecular flexibility index (Phi) is 3.46. The number of aromatic nitrogens is 2. The van der Waals surface area contributed by atoms with Gasteiger partial charge in [0, 0.05) is 0 Å². The van der Waals surface area contributed by atoms with Gasteiger partial charge in [-0.15, -0.1) is 0 Å². The molecule has 2 rings (SSSR count). The van der Waals surface area contributed by atoms with Crippen LogP contribution in [0.1, 0.15) is 13.3 Å². The lowest BCUT2D eigenvalue weighted by molar-refractivity contribution is -0.383. The lowest BCUT2D eigenvalue weighted by atomic mass is 10.1. The number of hydrogen-bond donors (Lipinski definition) is 2. The molecule has 1 saturated heterocycles. The Labute approximate surface area is 113 Å². The van der Waals surface area contributed by atoms with Crippen LogP contribution in [0.4, 0.5) is 17.3 Å². The number of rotatable bonds is 3. The second-order valence-electron chi connectivity index (χ2n) is 4.15. The minimum atomic E-state index is -0.728. The zero-order valence-corrected chi connectivity index (χ0v) is 10.6. The Balaban J connectivity index is 2.53. The number of amides is 2. The molecule has 0 bridgehead atoms. The molecule has 1 aromatic heterocycles. The third-order valence-electron chi connectivity index (χ3n) is 2.93. The fraction of sp³-hybridized carbons (Fsp3) is 0.400. The number of nitrogens with two attached hydrogens (primary N) is 1. The molecule has 10 nitrogen and oxygen atoms in total. The van der Waals surface area contributed by atoms with E-state index in [2.05, 4.69) is 15.3 Å². The Morgan fingerprint density at radius 3 is 2.85 bits per heavy atom. The fourth-order valence-corrected chi connectivity index (χ4v) is 2.06. The van der Waals surface area contributed by atoms with Crippen molar-refractivity contribution in [3.05, 3.63) is 16.4 Å². The highest BCUT2D eigenvalue weighted by Gasteiger charge is 2.37. The minimum absolute atomic E-state index is 0.127. The monoisotopic (exact) mass is 280 g/mol. The van der Waals surface area contributed by atoms with Crippen LogP contribution in [0.2, 0.25) is 0 Å². The smallest absolute Gasteiger partial charge is 0.353 e. The maximum Gasteiger partial charge on any atom is 0.353 e. The summed E-state index contributed by atoms with van der Waals surface area (Å²) >= 11 is 0. The van der Waals surface area contributed by atoms with Crippen molar-refractivity contribution < 1.29 is 14.5 Å². The largest absolute Gasteiger partial charge is 0.378 e. The van der Waals surface area contributed by atoms with E-state index in [1.165, 1.54) is 4.90 Å². The van der Waals surface area contributed by atoms with Crippen molar-refractivity contribution in [2.75, 3.05) is 17.2 Å². The van der Waals surface area contributed by atoms with Crippen LogP contribution in [0, 0.1) is 10.1 Å². The summed E-state index contributed by atoms with van der Waals surface area (Å²) in [4.78, 5) is 42.2. The second kappa shape index (κ2) is 5.07. The number of nitro groups is 1. The number of imide groups is 1. The van der Waals surface area contributed by atoms with Crippen LogP contribution in [0.5, 0.6) is 0 Å². The maximum atomic E-state index is 11.8. The van der Waals surface area contributed by atoms with E-state index in [0.29, 0.717) is 6.42 Å². The Morgan fingerprint density at radius 2 is 2.25 bits per heavy atom. The van der Waals surface area contributed by atoms with Gasteiger partial charge >= 0.3 is 5.69 Å². The number of carbonyl (C=O) groups is 2. The Bertz CT molecular complexity index is 589. The summed E-state index contributed by atoms with van der Waals surface area (Å²) in [5, 5.41) is 13.3. The second-order valence-corrected chi connectivity index (χ2v) is 4.15. The molecule has 10 heteroatoms. The standard InChI is InChI=1S/C10H12N6O4/c1-2-5-10(18)14-6(17)3-15(5)9-7(16(19)20)8(11)12-4-13-9/h4-5H,2-3H2,1H3,(H2,11,12,13)(H,14,17,18). The third-order valence-corrected chi connectivity index (χ3v) is 2.93. The molecule has 2 amide bonds. The molecule has 1 fully saturated rings. The van der Waals surface area contributed by atoms with Gasteiger partial charge in [-0.25, -0.2) is 9.97 Å². The summed E-state index contributed by atoms with van der Waals surface area (Å²) in [6, 6.07) is -0.722. The van der Waals surface area contributed by atoms with Crippen molar-refractivity contribution in [2.24, 2.45) is 0 Å². The van der Waals surface area contributed by atoms with Gasteiger partial charge < -0.3 is 10.6 Å². The van der Waals surface area contributed by atoms with E-state index in [1.807, 2.05) is 0 Å². The van der Waals surface area contributed by atoms with E-state index in [9.17, 15) is 19.7 Å². The first-order valence-electron chi connectivity index (χ1n) is 5.80. The predicted octanol–water partition coefficient (Wildman–Crippen LogP) is -0.792. The number of carbonyl (C=O) groups excluding carboxylic acids is 2. The average molecular weight is 280 g/mol.